The molecule has 1 unspecified atom stereocenters. The second-order valence-corrected chi connectivity index (χ2v) is 8.71. The summed E-state index contributed by atoms with van der Waals surface area (Å²) in [5.74, 6) is -0.445. The second kappa shape index (κ2) is 9.41. The number of benzene rings is 2. The molecule has 1 amide bonds. The predicted octanol–water partition coefficient (Wildman–Crippen LogP) is 4.52. The Balaban J connectivity index is 2.14. The highest BCUT2D eigenvalue weighted by Gasteiger charge is 2.29. The number of fused-ring (bicyclic) bond motifs is 1. The van der Waals surface area contributed by atoms with Gasteiger partial charge in [0.1, 0.15) is 12.3 Å². The lowest BCUT2D eigenvalue weighted by Gasteiger charge is -2.18. The zero-order valence-electron chi connectivity index (χ0n) is 17.3. The lowest BCUT2D eigenvalue weighted by atomic mass is 10.2. The van der Waals surface area contributed by atoms with Crippen molar-refractivity contribution in [1.82, 2.24) is 14.9 Å². The summed E-state index contributed by atoms with van der Waals surface area (Å²) >= 11 is 6.90. The number of ether oxygens (including phenoxy) is 1. The Kier molecular flexibility index (Phi) is 7.04. The van der Waals surface area contributed by atoms with Gasteiger partial charge < -0.3 is 10.1 Å². The first-order valence-electron chi connectivity index (χ1n) is 9.38. The molecule has 0 bridgehead atoms. The molecular formula is C21H19ClF3N3O3S. The molecule has 1 heterocycles. The van der Waals surface area contributed by atoms with Crippen LogP contribution in [0.5, 0.6) is 5.75 Å². The highest BCUT2D eigenvalue weighted by molar-refractivity contribution is 8.00. The molecule has 0 fully saturated rings. The summed E-state index contributed by atoms with van der Waals surface area (Å²) in [4.78, 5) is 30.1. The zero-order valence-corrected chi connectivity index (χ0v) is 18.9. The van der Waals surface area contributed by atoms with E-state index >= 15 is 0 Å². The van der Waals surface area contributed by atoms with Gasteiger partial charge in [0.15, 0.2) is 5.16 Å². The van der Waals surface area contributed by atoms with Gasteiger partial charge in [-0.05, 0) is 49.7 Å². The van der Waals surface area contributed by atoms with Crippen LogP contribution in [0.4, 0.5) is 13.2 Å². The minimum atomic E-state index is -4.53. The summed E-state index contributed by atoms with van der Waals surface area (Å²) in [6.07, 6.45) is -4.53. The molecule has 0 spiro atoms. The smallest absolute Gasteiger partial charge is 0.405 e. The molecule has 0 aliphatic carbocycles. The summed E-state index contributed by atoms with van der Waals surface area (Å²) in [6.45, 7) is 1.82. The van der Waals surface area contributed by atoms with Crippen molar-refractivity contribution in [3.8, 4) is 11.4 Å². The van der Waals surface area contributed by atoms with E-state index in [-0.39, 0.29) is 10.5 Å². The number of halogens is 4. The lowest BCUT2D eigenvalue weighted by Crippen LogP contribution is -2.38. The third kappa shape index (κ3) is 5.36. The highest BCUT2D eigenvalue weighted by atomic mass is 35.5. The number of aryl methyl sites for hydroxylation is 1. The number of carbonyl (C=O) groups is 1. The molecule has 6 nitrogen and oxygen atoms in total. The molecule has 32 heavy (non-hydrogen) atoms. The molecule has 0 aliphatic heterocycles. The van der Waals surface area contributed by atoms with Crippen LogP contribution in [0.25, 0.3) is 16.6 Å². The third-order valence-electron chi connectivity index (χ3n) is 4.49. The number of nitrogens with zero attached hydrogens (tertiary/aromatic N) is 2. The molecule has 2 aromatic carbocycles. The fraction of sp³-hybridized carbons (Fsp3) is 0.286. The fourth-order valence-corrected chi connectivity index (χ4v) is 4.06. The van der Waals surface area contributed by atoms with Crippen molar-refractivity contribution in [3.63, 3.8) is 0 Å². The van der Waals surface area contributed by atoms with Crippen LogP contribution in [-0.2, 0) is 4.79 Å². The summed E-state index contributed by atoms with van der Waals surface area (Å²) in [5.41, 5.74) is 1.11. The second-order valence-electron chi connectivity index (χ2n) is 6.96. The van der Waals surface area contributed by atoms with Crippen LogP contribution in [0.3, 0.4) is 0 Å². The molecule has 1 N–H and O–H groups in total. The van der Waals surface area contributed by atoms with Crippen molar-refractivity contribution < 1.29 is 22.7 Å². The molecule has 170 valence electrons. The van der Waals surface area contributed by atoms with Crippen LogP contribution in [0.15, 0.2) is 46.3 Å². The topological polar surface area (TPSA) is 73.2 Å². The van der Waals surface area contributed by atoms with Gasteiger partial charge >= 0.3 is 6.18 Å². The Hall–Kier alpha value is -2.72. The standard InChI is InChI=1S/C21H19ClF3N3O3S/c1-11-4-7-17(31-3)16(8-11)28-19(30)14-6-5-13(22)9-15(14)27-20(28)32-12(2)18(29)26-10-21(23,24)25/h4-9,12H,10H2,1-3H3,(H,26,29). The Labute approximate surface area is 190 Å². The van der Waals surface area contributed by atoms with Crippen molar-refractivity contribution in [2.75, 3.05) is 13.7 Å². The number of hydrogen-bond acceptors (Lipinski definition) is 5. The number of methoxy groups -OCH3 is 1. The van der Waals surface area contributed by atoms with Gasteiger partial charge in [-0.3, -0.25) is 14.2 Å². The molecule has 0 aliphatic rings. The summed E-state index contributed by atoms with van der Waals surface area (Å²) in [5, 5.41) is 1.64. The van der Waals surface area contributed by atoms with Crippen LogP contribution >= 0.6 is 23.4 Å². The van der Waals surface area contributed by atoms with Gasteiger partial charge in [-0.1, -0.05) is 29.4 Å². The molecule has 3 rings (SSSR count). The van der Waals surface area contributed by atoms with Crippen molar-refractivity contribution >= 4 is 40.2 Å². The summed E-state index contributed by atoms with van der Waals surface area (Å²) in [6, 6.07) is 9.83. The number of rotatable bonds is 6. The summed E-state index contributed by atoms with van der Waals surface area (Å²) in [7, 11) is 1.45. The van der Waals surface area contributed by atoms with Crippen molar-refractivity contribution in [1.29, 1.82) is 0 Å². The maximum Gasteiger partial charge on any atom is 0.405 e. The van der Waals surface area contributed by atoms with Gasteiger partial charge in [0, 0.05) is 5.02 Å². The Morgan fingerprint density at radius 3 is 2.66 bits per heavy atom. The zero-order chi connectivity index (χ0) is 23.6. The first-order chi connectivity index (χ1) is 15.0. The molecular weight excluding hydrogens is 467 g/mol. The highest BCUT2D eigenvalue weighted by Crippen LogP contribution is 2.30. The van der Waals surface area contributed by atoms with Crippen LogP contribution in [0.1, 0.15) is 12.5 Å². The average molecular weight is 486 g/mol. The largest absolute Gasteiger partial charge is 0.495 e. The van der Waals surface area contributed by atoms with E-state index in [9.17, 15) is 22.8 Å². The van der Waals surface area contributed by atoms with E-state index < -0.39 is 29.4 Å². The Morgan fingerprint density at radius 2 is 2.00 bits per heavy atom. The SMILES string of the molecule is COc1ccc(C)cc1-n1c(SC(C)C(=O)NCC(F)(F)F)nc2cc(Cl)ccc2c1=O. The van der Waals surface area contributed by atoms with Crippen molar-refractivity contribution in [2.24, 2.45) is 0 Å². The van der Waals surface area contributed by atoms with Crippen LogP contribution in [-0.4, -0.2) is 40.5 Å². The number of carbonyl (C=O) groups excluding carboxylic acids is 1. The molecule has 11 heteroatoms. The number of alkyl halides is 3. The van der Waals surface area contributed by atoms with Crippen LogP contribution < -0.4 is 15.6 Å². The normalized spacial score (nSPS) is 12.6. The van der Waals surface area contributed by atoms with Gasteiger partial charge in [0.05, 0.1) is 29.0 Å². The fourth-order valence-electron chi connectivity index (χ4n) is 2.95. The quantitative estimate of drug-likeness (QED) is 0.410. The minimum Gasteiger partial charge on any atom is -0.495 e. The lowest BCUT2D eigenvalue weighted by molar-refractivity contribution is -0.137. The van der Waals surface area contributed by atoms with E-state index in [0.717, 1.165) is 17.3 Å². The van der Waals surface area contributed by atoms with Gasteiger partial charge in [-0.15, -0.1) is 0 Å². The molecule has 0 radical (unpaired) electrons. The number of amides is 1. The van der Waals surface area contributed by atoms with E-state index in [1.54, 1.807) is 24.3 Å². The van der Waals surface area contributed by atoms with Crippen molar-refractivity contribution in [2.45, 2.75) is 30.4 Å². The Bertz CT molecular complexity index is 1230. The summed E-state index contributed by atoms with van der Waals surface area (Å²) < 4.78 is 44.1. The number of hydrogen-bond donors (Lipinski definition) is 1. The molecule has 0 saturated carbocycles. The van der Waals surface area contributed by atoms with E-state index in [2.05, 4.69) is 4.98 Å². The first-order valence-corrected chi connectivity index (χ1v) is 10.6. The number of aromatic nitrogens is 2. The Morgan fingerprint density at radius 1 is 1.28 bits per heavy atom. The first kappa shape index (κ1) is 23.9. The third-order valence-corrected chi connectivity index (χ3v) is 5.78. The molecule has 1 aromatic heterocycles. The monoisotopic (exact) mass is 485 g/mol. The van der Waals surface area contributed by atoms with E-state index in [4.69, 9.17) is 16.3 Å². The van der Waals surface area contributed by atoms with E-state index in [1.165, 1.54) is 24.7 Å². The van der Waals surface area contributed by atoms with Gasteiger partial charge in [-0.25, -0.2) is 4.98 Å². The van der Waals surface area contributed by atoms with Gasteiger partial charge in [-0.2, -0.15) is 13.2 Å². The maximum atomic E-state index is 13.4. The maximum absolute atomic E-state index is 13.4. The average Bonchev–Trinajstić information content (AvgIpc) is 2.71. The van der Waals surface area contributed by atoms with Gasteiger partial charge in [0.2, 0.25) is 5.91 Å². The van der Waals surface area contributed by atoms with Crippen LogP contribution in [0, 0.1) is 6.92 Å². The molecule has 3 aromatic rings. The van der Waals surface area contributed by atoms with E-state index in [0.29, 0.717) is 22.0 Å². The minimum absolute atomic E-state index is 0.114. The number of thioether (sulfide) groups is 1. The van der Waals surface area contributed by atoms with Gasteiger partial charge in [0.25, 0.3) is 5.56 Å². The predicted molar refractivity (Wildman–Crippen MR) is 118 cm³/mol. The molecule has 1 atom stereocenters. The van der Waals surface area contributed by atoms with Crippen molar-refractivity contribution in [3.05, 3.63) is 57.3 Å². The molecule has 0 saturated heterocycles. The van der Waals surface area contributed by atoms with Crippen LogP contribution in [0.2, 0.25) is 5.02 Å². The number of nitrogens with one attached hydrogen (secondary N) is 1. The van der Waals surface area contributed by atoms with E-state index in [1.807, 2.05) is 18.3 Å².